The van der Waals surface area contributed by atoms with Crippen LogP contribution >= 0.6 is 0 Å². The predicted molar refractivity (Wildman–Crippen MR) is 143 cm³/mol. The Bertz CT molecular complexity index is 1070. The second-order valence-corrected chi connectivity index (χ2v) is 15.3. The molecule has 0 radical (unpaired) electrons. The van der Waals surface area contributed by atoms with Gasteiger partial charge in [-0.05, 0) is 102 Å². The molecule has 4 unspecified atom stereocenters. The van der Waals surface area contributed by atoms with Gasteiger partial charge in [0, 0.05) is 5.41 Å². The fourth-order valence-corrected chi connectivity index (χ4v) is 10.9. The van der Waals surface area contributed by atoms with Gasteiger partial charge in [-0.25, -0.2) is 0 Å². The van der Waals surface area contributed by atoms with Crippen LogP contribution in [0.15, 0.2) is 36.5 Å². The molecule has 0 saturated heterocycles. The zero-order valence-corrected chi connectivity index (χ0v) is 23.4. The molecule has 0 aromatic heterocycles. The first-order valence-electron chi connectivity index (χ1n) is 14.1. The van der Waals surface area contributed by atoms with Crippen molar-refractivity contribution >= 4 is 5.78 Å². The molecule has 0 aliphatic heterocycles. The third-order valence-electron chi connectivity index (χ3n) is 13.1. The molecule has 0 aromatic carbocycles. The van der Waals surface area contributed by atoms with Crippen molar-refractivity contribution in [2.75, 3.05) is 0 Å². The quantitative estimate of drug-likeness (QED) is 0.358. The molecule has 190 valence electrons. The molecule has 4 fully saturated rings. The number of allylic oxidation sites excluding steroid dienone is 4. The molecule has 0 heterocycles. The Morgan fingerprint density at radius 3 is 2.26 bits per heavy atom. The van der Waals surface area contributed by atoms with Gasteiger partial charge in [-0.1, -0.05) is 72.8 Å². The third kappa shape index (κ3) is 2.97. The summed E-state index contributed by atoms with van der Waals surface area (Å²) < 4.78 is 0. The summed E-state index contributed by atoms with van der Waals surface area (Å²) in [4.78, 5) is 13.2. The highest BCUT2D eigenvalue weighted by atomic mass is 16.1. The fourth-order valence-electron chi connectivity index (χ4n) is 10.9. The summed E-state index contributed by atoms with van der Waals surface area (Å²) >= 11 is 0. The average Bonchev–Trinajstić information content (AvgIpc) is 2.77. The van der Waals surface area contributed by atoms with Crippen LogP contribution < -0.4 is 0 Å². The maximum absolute atomic E-state index is 13.2. The monoisotopic (exact) mass is 473 g/mol. The number of carbonyl (C=O) groups is 1. The van der Waals surface area contributed by atoms with E-state index < -0.39 is 5.41 Å². The molecule has 5 aliphatic carbocycles. The van der Waals surface area contributed by atoms with Gasteiger partial charge in [0.05, 0.1) is 5.57 Å². The number of carbonyl (C=O) groups excluding carboxylic acids is 1. The van der Waals surface area contributed by atoms with Crippen molar-refractivity contribution in [2.24, 2.45) is 56.2 Å². The van der Waals surface area contributed by atoms with E-state index in [4.69, 9.17) is 6.58 Å². The Labute approximate surface area is 214 Å². The second kappa shape index (κ2) is 7.24. The van der Waals surface area contributed by atoms with Crippen LogP contribution in [0.1, 0.15) is 99.8 Å². The third-order valence-corrected chi connectivity index (χ3v) is 13.1. The van der Waals surface area contributed by atoms with Gasteiger partial charge in [-0.3, -0.25) is 4.79 Å². The number of hydrogen-bond acceptors (Lipinski definition) is 2. The van der Waals surface area contributed by atoms with E-state index in [1.165, 1.54) is 44.1 Å². The summed E-state index contributed by atoms with van der Waals surface area (Å²) in [6.07, 6.45) is 14.0. The highest BCUT2D eigenvalue weighted by molar-refractivity contribution is 6.04. The molecule has 0 aromatic rings. The molecular formula is C33H47NO. The molecule has 5 aliphatic rings. The van der Waals surface area contributed by atoms with E-state index in [-0.39, 0.29) is 33.4 Å². The number of hydrogen-bond donors (Lipinski definition) is 0. The average molecular weight is 474 g/mol. The van der Waals surface area contributed by atoms with Gasteiger partial charge in [0.1, 0.15) is 6.07 Å². The standard InChI is InChI=1S/C33H47NO/c1-10-33-15-13-28(3,4)19-23(33)26-21(2)17-25-30(7)18-22(20-34)27(35)29(5,6)24(30)11-12-31(25,8)32(26,9)14-16-33/h10,18,23-26H,1-2,11-17,19H2,3-9H3/t23?,24?,25?,26?,30-,31+,32+,33+/m0/s1. The van der Waals surface area contributed by atoms with E-state index >= 15 is 0 Å². The number of nitrogens with zero attached hydrogens (tertiary/aromatic N) is 1. The molecule has 2 heteroatoms. The van der Waals surface area contributed by atoms with Crippen LogP contribution in [-0.2, 0) is 4.79 Å². The summed E-state index contributed by atoms with van der Waals surface area (Å²) in [6, 6.07) is 2.29. The van der Waals surface area contributed by atoms with E-state index in [2.05, 4.69) is 73.3 Å². The largest absolute Gasteiger partial charge is 0.293 e. The Morgan fingerprint density at radius 2 is 1.63 bits per heavy atom. The molecule has 2 nitrogen and oxygen atoms in total. The summed E-state index contributed by atoms with van der Waals surface area (Å²) in [6.45, 7) is 25.9. The molecule has 0 amide bonds. The van der Waals surface area contributed by atoms with Crippen LogP contribution in [0.3, 0.4) is 0 Å². The normalized spacial score (nSPS) is 49.9. The van der Waals surface area contributed by atoms with Crippen LogP contribution in [-0.4, -0.2) is 5.78 Å². The van der Waals surface area contributed by atoms with Crippen LogP contribution in [0.4, 0.5) is 0 Å². The minimum atomic E-state index is -0.493. The van der Waals surface area contributed by atoms with Gasteiger partial charge in [0.25, 0.3) is 0 Å². The number of rotatable bonds is 1. The first-order valence-corrected chi connectivity index (χ1v) is 14.1. The van der Waals surface area contributed by atoms with E-state index in [1.54, 1.807) is 0 Å². The molecule has 5 rings (SSSR count). The van der Waals surface area contributed by atoms with Crippen molar-refractivity contribution in [3.05, 3.63) is 36.5 Å². The number of fused-ring (bicyclic) bond motifs is 7. The van der Waals surface area contributed by atoms with Crippen molar-refractivity contribution in [2.45, 2.75) is 99.8 Å². The zero-order valence-electron chi connectivity index (χ0n) is 23.4. The van der Waals surface area contributed by atoms with Crippen molar-refractivity contribution in [3.8, 4) is 6.07 Å². The topological polar surface area (TPSA) is 40.9 Å². The fraction of sp³-hybridized carbons (Fsp3) is 0.758. The lowest BCUT2D eigenvalue weighted by atomic mass is 9.31. The SMILES string of the molecule is C=C[C@]12CCC(C)(C)CC1C1C(=C)CC3[C@@]4(C)C=C(C#N)C(=O)C(C)(C)C4CC[C@@]3(C)[C@]1(C)CC2. The van der Waals surface area contributed by atoms with Crippen molar-refractivity contribution < 1.29 is 4.79 Å². The van der Waals surface area contributed by atoms with Gasteiger partial charge in [0.2, 0.25) is 0 Å². The summed E-state index contributed by atoms with van der Waals surface area (Å²) in [5, 5.41) is 9.92. The maximum Gasteiger partial charge on any atom is 0.178 e. The van der Waals surface area contributed by atoms with Crippen molar-refractivity contribution in [3.63, 3.8) is 0 Å². The lowest BCUT2D eigenvalue weighted by Gasteiger charge is -2.73. The molecular weight excluding hydrogens is 426 g/mol. The number of ketones is 1. The zero-order chi connectivity index (χ0) is 25.8. The summed E-state index contributed by atoms with van der Waals surface area (Å²) in [5.41, 5.74) is 2.13. The lowest BCUT2D eigenvalue weighted by molar-refractivity contribution is -0.205. The Morgan fingerprint density at radius 1 is 0.971 bits per heavy atom. The molecule has 8 atom stereocenters. The first kappa shape index (κ1) is 25.0. The number of Topliss-reactive ketones (excluding diaryl/α,β-unsaturated/α-hetero) is 1. The van der Waals surface area contributed by atoms with E-state index in [0.29, 0.717) is 28.7 Å². The van der Waals surface area contributed by atoms with Gasteiger partial charge in [0.15, 0.2) is 5.78 Å². The van der Waals surface area contributed by atoms with Crippen LogP contribution in [0.5, 0.6) is 0 Å². The highest BCUT2D eigenvalue weighted by Gasteiger charge is 2.70. The lowest BCUT2D eigenvalue weighted by Crippen LogP contribution is -2.66. The van der Waals surface area contributed by atoms with Crippen LogP contribution in [0, 0.1) is 67.5 Å². The predicted octanol–water partition coefficient (Wildman–Crippen LogP) is 8.46. The van der Waals surface area contributed by atoms with Crippen molar-refractivity contribution in [1.29, 1.82) is 5.26 Å². The Kier molecular flexibility index (Phi) is 5.18. The van der Waals surface area contributed by atoms with Crippen LogP contribution in [0.2, 0.25) is 0 Å². The van der Waals surface area contributed by atoms with Gasteiger partial charge in [-0.2, -0.15) is 5.26 Å². The van der Waals surface area contributed by atoms with Crippen LogP contribution in [0.25, 0.3) is 0 Å². The summed E-state index contributed by atoms with van der Waals surface area (Å²) in [5.74, 6) is 1.87. The minimum absolute atomic E-state index is 0.0441. The Balaban J connectivity index is 1.64. The van der Waals surface area contributed by atoms with E-state index in [1.807, 2.05) is 0 Å². The summed E-state index contributed by atoms with van der Waals surface area (Å²) in [7, 11) is 0. The molecule has 0 bridgehead atoms. The first-order chi connectivity index (χ1) is 16.1. The Hall–Kier alpha value is -1.62. The van der Waals surface area contributed by atoms with E-state index in [9.17, 15) is 10.1 Å². The maximum atomic E-state index is 13.2. The minimum Gasteiger partial charge on any atom is -0.293 e. The molecule has 4 saturated carbocycles. The highest BCUT2D eigenvalue weighted by Crippen LogP contribution is 2.77. The van der Waals surface area contributed by atoms with E-state index in [0.717, 1.165) is 12.8 Å². The second-order valence-electron chi connectivity index (χ2n) is 15.3. The van der Waals surface area contributed by atoms with Gasteiger partial charge >= 0.3 is 0 Å². The van der Waals surface area contributed by atoms with Crippen molar-refractivity contribution in [1.82, 2.24) is 0 Å². The molecule has 0 spiro atoms. The van der Waals surface area contributed by atoms with Gasteiger partial charge in [-0.15, -0.1) is 6.58 Å². The smallest absolute Gasteiger partial charge is 0.178 e. The van der Waals surface area contributed by atoms with Gasteiger partial charge < -0.3 is 0 Å². The molecule has 35 heavy (non-hydrogen) atoms. The molecule has 0 N–H and O–H groups in total. The number of nitriles is 1.